The van der Waals surface area contributed by atoms with Crippen LogP contribution >= 0.6 is 0 Å². The third-order valence-corrected chi connectivity index (χ3v) is 8.19. The van der Waals surface area contributed by atoms with Gasteiger partial charge in [-0.05, 0) is 76.8 Å². The number of carbonyl (C=O) groups excluding carboxylic acids is 1. The molecule has 2 saturated carbocycles. The monoisotopic (exact) mass is 436 g/mol. The van der Waals surface area contributed by atoms with Gasteiger partial charge in [0.1, 0.15) is 0 Å². The van der Waals surface area contributed by atoms with Crippen LogP contribution in [0.2, 0.25) is 0 Å². The van der Waals surface area contributed by atoms with Gasteiger partial charge in [0.25, 0.3) is 0 Å². The van der Waals surface area contributed by atoms with Gasteiger partial charge in [-0.15, -0.1) is 0 Å². The third kappa shape index (κ3) is 4.39. The molecule has 1 saturated heterocycles. The minimum absolute atomic E-state index is 0.00689. The van der Waals surface area contributed by atoms with E-state index in [0.717, 1.165) is 51.7 Å². The van der Waals surface area contributed by atoms with Gasteiger partial charge in [-0.1, -0.05) is 43.7 Å². The molecule has 0 bridgehead atoms. The quantitative estimate of drug-likeness (QED) is 0.603. The maximum absolute atomic E-state index is 13.6. The SMILES string of the molecule is CCCNC1(c2ccccc2)CCC2(CC1)CN(CC(C)(C)C#N)C(=O)N2CC1CCC1. The van der Waals surface area contributed by atoms with Gasteiger partial charge >= 0.3 is 6.03 Å². The van der Waals surface area contributed by atoms with E-state index in [0.29, 0.717) is 12.5 Å². The summed E-state index contributed by atoms with van der Waals surface area (Å²) in [6, 6.07) is 13.4. The van der Waals surface area contributed by atoms with Crippen molar-refractivity contribution in [2.24, 2.45) is 11.3 Å². The number of amides is 2. The van der Waals surface area contributed by atoms with Crippen molar-refractivity contribution in [1.82, 2.24) is 15.1 Å². The molecule has 5 heteroatoms. The second kappa shape index (κ2) is 9.06. The summed E-state index contributed by atoms with van der Waals surface area (Å²) in [5.41, 5.74) is 0.756. The average molecular weight is 437 g/mol. The molecule has 1 aromatic rings. The summed E-state index contributed by atoms with van der Waals surface area (Å²) in [4.78, 5) is 17.8. The van der Waals surface area contributed by atoms with E-state index in [1.807, 2.05) is 18.7 Å². The van der Waals surface area contributed by atoms with E-state index < -0.39 is 5.41 Å². The zero-order valence-corrected chi connectivity index (χ0v) is 20.2. The highest BCUT2D eigenvalue weighted by Gasteiger charge is 2.54. The molecule has 1 N–H and O–H groups in total. The highest BCUT2D eigenvalue weighted by Crippen LogP contribution is 2.48. The largest absolute Gasteiger partial charge is 0.321 e. The topological polar surface area (TPSA) is 59.4 Å². The lowest BCUT2D eigenvalue weighted by molar-refractivity contribution is 0.0560. The highest BCUT2D eigenvalue weighted by molar-refractivity contribution is 5.78. The lowest BCUT2D eigenvalue weighted by Gasteiger charge is -2.49. The third-order valence-electron chi connectivity index (χ3n) is 8.19. The van der Waals surface area contributed by atoms with Gasteiger partial charge in [0.05, 0.1) is 17.0 Å². The Morgan fingerprint density at radius 1 is 1.16 bits per heavy atom. The van der Waals surface area contributed by atoms with E-state index in [2.05, 4.69) is 53.5 Å². The van der Waals surface area contributed by atoms with Crippen LogP contribution < -0.4 is 5.32 Å². The van der Waals surface area contributed by atoms with E-state index in [9.17, 15) is 10.1 Å². The Bertz CT molecular complexity index is 831. The molecule has 2 aliphatic carbocycles. The normalized spacial score (nSPS) is 28.8. The minimum atomic E-state index is -0.519. The molecule has 4 rings (SSSR count). The van der Waals surface area contributed by atoms with Crippen LogP contribution in [0, 0.1) is 22.7 Å². The summed E-state index contributed by atoms with van der Waals surface area (Å²) in [5.74, 6) is 0.652. The number of nitrogens with zero attached hydrogens (tertiary/aromatic N) is 3. The van der Waals surface area contributed by atoms with Crippen LogP contribution in [-0.4, -0.2) is 47.5 Å². The molecular formula is C27H40N4O. The van der Waals surface area contributed by atoms with E-state index in [1.54, 1.807) is 0 Å². The van der Waals surface area contributed by atoms with Gasteiger partial charge in [-0.3, -0.25) is 0 Å². The predicted molar refractivity (Wildman–Crippen MR) is 128 cm³/mol. The summed E-state index contributed by atoms with van der Waals surface area (Å²) < 4.78 is 0. The van der Waals surface area contributed by atoms with Gasteiger partial charge < -0.3 is 15.1 Å². The van der Waals surface area contributed by atoms with Crippen molar-refractivity contribution in [3.8, 4) is 6.07 Å². The number of carbonyl (C=O) groups is 1. The average Bonchev–Trinajstić information content (AvgIpc) is 3.01. The van der Waals surface area contributed by atoms with E-state index >= 15 is 0 Å². The van der Waals surface area contributed by atoms with Crippen molar-refractivity contribution in [2.45, 2.75) is 83.2 Å². The first-order valence-electron chi connectivity index (χ1n) is 12.6. The smallest absolute Gasteiger partial charge is 0.320 e. The van der Waals surface area contributed by atoms with Crippen molar-refractivity contribution >= 4 is 6.03 Å². The molecule has 3 aliphatic rings. The first kappa shape index (κ1) is 23.1. The second-order valence-corrected chi connectivity index (χ2v) is 11.1. The molecule has 0 atom stereocenters. The Labute approximate surface area is 194 Å². The molecule has 0 aromatic heterocycles. The number of benzene rings is 1. The zero-order valence-electron chi connectivity index (χ0n) is 20.2. The molecule has 3 fully saturated rings. The molecule has 1 spiro atoms. The molecule has 1 heterocycles. The summed E-state index contributed by atoms with van der Waals surface area (Å²) in [7, 11) is 0. The van der Waals surface area contributed by atoms with Gasteiger partial charge in [0.15, 0.2) is 0 Å². The molecule has 1 aliphatic heterocycles. The molecule has 1 aromatic carbocycles. The van der Waals surface area contributed by atoms with Gasteiger partial charge in [-0.25, -0.2) is 4.79 Å². The Balaban J connectivity index is 1.58. The summed E-state index contributed by atoms with van der Waals surface area (Å²) in [6.45, 7) is 9.29. The summed E-state index contributed by atoms with van der Waals surface area (Å²) >= 11 is 0. The van der Waals surface area contributed by atoms with Crippen molar-refractivity contribution < 1.29 is 4.79 Å². The van der Waals surface area contributed by atoms with Crippen molar-refractivity contribution in [2.75, 3.05) is 26.2 Å². The van der Waals surface area contributed by atoms with Crippen LogP contribution in [0.15, 0.2) is 30.3 Å². The number of rotatable bonds is 8. The van der Waals surface area contributed by atoms with Gasteiger partial charge in [-0.2, -0.15) is 5.26 Å². The van der Waals surface area contributed by atoms with Crippen molar-refractivity contribution in [3.05, 3.63) is 35.9 Å². The Kier molecular flexibility index (Phi) is 6.54. The highest BCUT2D eigenvalue weighted by atomic mass is 16.2. The van der Waals surface area contributed by atoms with Gasteiger partial charge in [0, 0.05) is 25.2 Å². The number of nitriles is 1. The number of nitrogens with one attached hydrogen (secondary N) is 1. The fraction of sp³-hybridized carbons (Fsp3) is 0.704. The number of hydrogen-bond acceptors (Lipinski definition) is 3. The zero-order chi connectivity index (χ0) is 22.8. The molecule has 174 valence electrons. The van der Waals surface area contributed by atoms with Crippen molar-refractivity contribution in [3.63, 3.8) is 0 Å². The van der Waals surface area contributed by atoms with Crippen LogP contribution in [-0.2, 0) is 5.54 Å². The second-order valence-electron chi connectivity index (χ2n) is 11.1. The molecule has 0 radical (unpaired) electrons. The number of hydrogen-bond donors (Lipinski definition) is 1. The van der Waals surface area contributed by atoms with Gasteiger partial charge in [0.2, 0.25) is 0 Å². The van der Waals surface area contributed by atoms with Crippen LogP contribution in [0.4, 0.5) is 4.79 Å². The molecule has 5 nitrogen and oxygen atoms in total. The Morgan fingerprint density at radius 2 is 1.84 bits per heavy atom. The van der Waals surface area contributed by atoms with Crippen LogP contribution in [0.3, 0.4) is 0 Å². The lowest BCUT2D eigenvalue weighted by atomic mass is 9.68. The van der Waals surface area contributed by atoms with Crippen LogP contribution in [0.25, 0.3) is 0 Å². The Hall–Kier alpha value is -2.06. The molecule has 2 amide bonds. The first-order chi connectivity index (χ1) is 15.3. The number of urea groups is 1. The standard InChI is InChI=1S/C27H40N4O/c1-4-17-29-27(23-11-6-5-7-12-23)15-13-26(14-16-27)21-30(20-25(2,3)19-28)24(32)31(26)18-22-9-8-10-22/h5-7,11-12,22,29H,4,8-10,13-18,20-21H2,1-3H3. The maximum atomic E-state index is 13.6. The van der Waals surface area contributed by atoms with E-state index in [1.165, 1.54) is 24.8 Å². The summed E-state index contributed by atoms with van der Waals surface area (Å²) in [6.07, 6.45) is 9.01. The predicted octanol–water partition coefficient (Wildman–Crippen LogP) is 5.28. The first-order valence-corrected chi connectivity index (χ1v) is 12.6. The minimum Gasteiger partial charge on any atom is -0.321 e. The molecule has 32 heavy (non-hydrogen) atoms. The molecule has 0 unspecified atom stereocenters. The molecular weight excluding hydrogens is 396 g/mol. The fourth-order valence-electron chi connectivity index (χ4n) is 5.98. The maximum Gasteiger partial charge on any atom is 0.320 e. The Morgan fingerprint density at radius 3 is 2.41 bits per heavy atom. The van der Waals surface area contributed by atoms with E-state index in [4.69, 9.17) is 0 Å². The van der Waals surface area contributed by atoms with Crippen LogP contribution in [0.5, 0.6) is 0 Å². The van der Waals surface area contributed by atoms with E-state index in [-0.39, 0.29) is 17.1 Å². The summed E-state index contributed by atoms with van der Waals surface area (Å²) in [5, 5.41) is 13.5. The van der Waals surface area contributed by atoms with Crippen molar-refractivity contribution in [1.29, 1.82) is 5.26 Å². The lowest BCUT2D eigenvalue weighted by Crippen LogP contribution is -2.56. The fourth-order valence-corrected chi connectivity index (χ4v) is 5.98. The van der Waals surface area contributed by atoms with Crippen LogP contribution in [0.1, 0.15) is 77.7 Å².